The molecule has 0 saturated heterocycles. The summed E-state index contributed by atoms with van der Waals surface area (Å²) in [6, 6.07) is 2.74. The first kappa shape index (κ1) is 8.75. The minimum absolute atomic E-state index is 0.721. The van der Waals surface area contributed by atoms with Crippen molar-refractivity contribution < 1.29 is 0 Å². The molecule has 13 heavy (non-hydrogen) atoms. The largest absolute Gasteiger partial charge is 0.308 e. The molecule has 0 bridgehead atoms. The zero-order chi connectivity index (χ0) is 9.10. The molecular weight excluding hydrogens is 162 g/mol. The number of nitrogens with one attached hydrogen (secondary N) is 2. The third-order valence-corrected chi connectivity index (χ3v) is 2.83. The van der Waals surface area contributed by atoms with E-state index in [1.807, 2.05) is 6.07 Å². The van der Waals surface area contributed by atoms with Crippen molar-refractivity contribution in [3.8, 4) is 0 Å². The van der Waals surface area contributed by atoms with Crippen molar-refractivity contribution in [1.29, 1.82) is 0 Å². The minimum Gasteiger partial charge on any atom is -0.308 e. The lowest BCUT2D eigenvalue weighted by Gasteiger charge is -2.10. The Morgan fingerprint density at radius 1 is 1.62 bits per heavy atom. The van der Waals surface area contributed by atoms with Gasteiger partial charge in [0, 0.05) is 24.5 Å². The Kier molecular flexibility index (Phi) is 2.64. The highest BCUT2D eigenvalue weighted by Gasteiger charge is 2.20. The van der Waals surface area contributed by atoms with Crippen LogP contribution >= 0.6 is 0 Å². The lowest BCUT2D eigenvalue weighted by atomic mass is 10.1. The molecule has 2 N–H and O–H groups in total. The molecule has 0 aliphatic heterocycles. The van der Waals surface area contributed by atoms with Gasteiger partial charge in [0.05, 0.1) is 0 Å². The summed E-state index contributed by atoms with van der Waals surface area (Å²) in [5, 5.41) is 10.4. The van der Waals surface area contributed by atoms with Gasteiger partial charge in [-0.25, -0.2) is 0 Å². The number of H-pyrrole nitrogens is 1. The molecule has 0 radical (unpaired) electrons. The van der Waals surface area contributed by atoms with Crippen molar-refractivity contribution >= 4 is 0 Å². The number of rotatable bonds is 3. The Balaban J connectivity index is 1.74. The highest BCUT2D eigenvalue weighted by atomic mass is 15.1. The van der Waals surface area contributed by atoms with E-state index in [1.165, 1.54) is 25.0 Å². The molecule has 1 aromatic heterocycles. The topological polar surface area (TPSA) is 40.7 Å². The fraction of sp³-hybridized carbons (Fsp3) is 0.700. The Bertz CT molecular complexity index is 243. The molecule has 0 spiro atoms. The molecule has 3 heteroatoms. The summed E-state index contributed by atoms with van der Waals surface area (Å²) >= 11 is 0. The highest BCUT2D eigenvalue weighted by molar-refractivity contribution is 4.97. The molecule has 1 aliphatic carbocycles. The SMILES string of the molecule is CC1CCC(NCc2ccn[nH]2)C1. The van der Waals surface area contributed by atoms with E-state index in [0.29, 0.717) is 0 Å². The molecule has 72 valence electrons. The first-order valence-corrected chi connectivity index (χ1v) is 5.06. The van der Waals surface area contributed by atoms with Crippen molar-refractivity contribution in [1.82, 2.24) is 15.5 Å². The third kappa shape index (κ3) is 2.31. The van der Waals surface area contributed by atoms with Crippen molar-refractivity contribution in [2.75, 3.05) is 0 Å². The van der Waals surface area contributed by atoms with E-state index in [9.17, 15) is 0 Å². The molecule has 0 amide bonds. The van der Waals surface area contributed by atoms with Gasteiger partial charge in [0.2, 0.25) is 0 Å². The van der Waals surface area contributed by atoms with Gasteiger partial charge in [-0.05, 0) is 31.2 Å². The van der Waals surface area contributed by atoms with E-state index in [4.69, 9.17) is 0 Å². The van der Waals surface area contributed by atoms with Crippen LogP contribution in [0.5, 0.6) is 0 Å². The van der Waals surface area contributed by atoms with E-state index >= 15 is 0 Å². The standard InChI is InChI=1S/C10H17N3/c1-8-2-3-9(6-8)11-7-10-4-5-12-13-10/h4-5,8-9,11H,2-3,6-7H2,1H3,(H,12,13). The van der Waals surface area contributed by atoms with Crippen molar-refractivity contribution in [3.63, 3.8) is 0 Å². The second-order valence-corrected chi connectivity index (χ2v) is 4.08. The van der Waals surface area contributed by atoms with Crippen LogP contribution in [0, 0.1) is 5.92 Å². The van der Waals surface area contributed by atoms with Crippen LogP contribution < -0.4 is 5.32 Å². The predicted molar refractivity (Wildman–Crippen MR) is 52.2 cm³/mol. The summed E-state index contributed by atoms with van der Waals surface area (Å²) in [6.07, 6.45) is 5.83. The zero-order valence-corrected chi connectivity index (χ0v) is 8.09. The number of hydrogen-bond donors (Lipinski definition) is 2. The minimum atomic E-state index is 0.721. The maximum atomic E-state index is 3.92. The first-order valence-electron chi connectivity index (χ1n) is 5.06. The monoisotopic (exact) mass is 179 g/mol. The van der Waals surface area contributed by atoms with Crippen LogP contribution in [0.15, 0.2) is 12.3 Å². The fourth-order valence-corrected chi connectivity index (χ4v) is 2.03. The van der Waals surface area contributed by atoms with E-state index in [-0.39, 0.29) is 0 Å². The molecule has 1 aromatic rings. The Hall–Kier alpha value is -0.830. The van der Waals surface area contributed by atoms with Crippen LogP contribution in [0.25, 0.3) is 0 Å². The van der Waals surface area contributed by atoms with E-state index in [1.54, 1.807) is 6.20 Å². The molecule has 1 aliphatic rings. The summed E-state index contributed by atoms with van der Waals surface area (Å²) in [4.78, 5) is 0. The quantitative estimate of drug-likeness (QED) is 0.741. The Morgan fingerprint density at radius 2 is 2.54 bits per heavy atom. The third-order valence-electron chi connectivity index (χ3n) is 2.83. The predicted octanol–water partition coefficient (Wildman–Crippen LogP) is 1.69. The number of nitrogens with zero attached hydrogens (tertiary/aromatic N) is 1. The first-order chi connectivity index (χ1) is 6.34. The van der Waals surface area contributed by atoms with Gasteiger partial charge < -0.3 is 5.32 Å². The lowest BCUT2D eigenvalue weighted by Crippen LogP contribution is -2.25. The summed E-state index contributed by atoms with van der Waals surface area (Å²) in [7, 11) is 0. The van der Waals surface area contributed by atoms with Gasteiger partial charge in [-0.15, -0.1) is 0 Å². The zero-order valence-electron chi connectivity index (χ0n) is 8.09. The molecule has 0 aromatic carbocycles. The van der Waals surface area contributed by atoms with E-state index < -0.39 is 0 Å². The van der Waals surface area contributed by atoms with Crippen LogP contribution in [0.1, 0.15) is 31.9 Å². The van der Waals surface area contributed by atoms with E-state index in [0.717, 1.165) is 18.5 Å². The average molecular weight is 179 g/mol. The van der Waals surface area contributed by atoms with Gasteiger partial charge in [0.1, 0.15) is 0 Å². The van der Waals surface area contributed by atoms with Crippen LogP contribution in [0.4, 0.5) is 0 Å². The summed E-state index contributed by atoms with van der Waals surface area (Å²) in [6.45, 7) is 3.26. The number of hydrogen-bond acceptors (Lipinski definition) is 2. The second-order valence-electron chi connectivity index (χ2n) is 4.08. The molecule has 1 saturated carbocycles. The molecule has 1 fully saturated rings. The van der Waals surface area contributed by atoms with Crippen molar-refractivity contribution in [2.24, 2.45) is 5.92 Å². The maximum absolute atomic E-state index is 3.92. The van der Waals surface area contributed by atoms with Gasteiger partial charge in [-0.3, -0.25) is 5.10 Å². The number of aromatic amines is 1. The summed E-state index contributed by atoms with van der Waals surface area (Å²) < 4.78 is 0. The lowest BCUT2D eigenvalue weighted by molar-refractivity contribution is 0.498. The van der Waals surface area contributed by atoms with Gasteiger partial charge in [0.15, 0.2) is 0 Å². The second kappa shape index (κ2) is 3.92. The Labute approximate surface area is 78.9 Å². The van der Waals surface area contributed by atoms with Gasteiger partial charge in [0.25, 0.3) is 0 Å². The van der Waals surface area contributed by atoms with Crippen molar-refractivity contribution in [2.45, 2.75) is 38.8 Å². The van der Waals surface area contributed by atoms with Crippen LogP contribution in [0.2, 0.25) is 0 Å². The summed E-state index contributed by atoms with van der Waals surface area (Å²) in [5.41, 5.74) is 1.18. The number of aromatic nitrogens is 2. The Morgan fingerprint density at radius 3 is 3.15 bits per heavy atom. The maximum Gasteiger partial charge on any atom is 0.0490 e. The average Bonchev–Trinajstić information content (AvgIpc) is 2.71. The fourth-order valence-electron chi connectivity index (χ4n) is 2.03. The molecule has 3 nitrogen and oxygen atoms in total. The van der Waals surface area contributed by atoms with Crippen molar-refractivity contribution in [3.05, 3.63) is 18.0 Å². The van der Waals surface area contributed by atoms with Crippen LogP contribution in [0.3, 0.4) is 0 Å². The van der Waals surface area contributed by atoms with Gasteiger partial charge >= 0.3 is 0 Å². The molecule has 2 rings (SSSR count). The highest BCUT2D eigenvalue weighted by Crippen LogP contribution is 2.24. The van der Waals surface area contributed by atoms with Crippen LogP contribution in [-0.2, 0) is 6.54 Å². The molecule has 2 atom stereocenters. The normalized spacial score (nSPS) is 28.1. The van der Waals surface area contributed by atoms with Gasteiger partial charge in [-0.1, -0.05) is 6.92 Å². The molecule has 1 heterocycles. The van der Waals surface area contributed by atoms with Gasteiger partial charge in [-0.2, -0.15) is 5.10 Å². The smallest absolute Gasteiger partial charge is 0.0490 e. The van der Waals surface area contributed by atoms with Crippen LogP contribution in [-0.4, -0.2) is 16.2 Å². The van der Waals surface area contributed by atoms with E-state index in [2.05, 4.69) is 22.4 Å². The summed E-state index contributed by atoms with van der Waals surface area (Å²) in [5.74, 6) is 0.902. The molecule has 2 unspecified atom stereocenters. The molecular formula is C10H17N3.